The van der Waals surface area contributed by atoms with Crippen LogP contribution in [0.2, 0.25) is 0 Å². The smallest absolute Gasteiger partial charge is 0.127 e. The van der Waals surface area contributed by atoms with Crippen LogP contribution in [0.1, 0.15) is 6.92 Å². The Balaban J connectivity index is 2.40. The molecule has 0 amide bonds. The molecule has 46 valence electrons. The van der Waals surface area contributed by atoms with E-state index in [-0.39, 0.29) is 6.10 Å². The fourth-order valence-electron chi connectivity index (χ4n) is 1.15. The lowest BCUT2D eigenvalue weighted by Gasteiger charge is -2.00. The first-order valence-electron chi connectivity index (χ1n) is 3.13. The Morgan fingerprint density at radius 3 is 3.22 bits per heavy atom. The molecule has 0 spiro atoms. The maximum absolute atomic E-state index is 5.39. The van der Waals surface area contributed by atoms with E-state index in [0.717, 1.165) is 5.76 Å². The molecule has 2 aliphatic rings. The van der Waals surface area contributed by atoms with Crippen LogP contribution in [-0.4, -0.2) is 6.10 Å². The standard InChI is InChI=1S/C8H8O/c1-6-5-7-3-2-4-8(7)9-6/h2-6H,1H3. The van der Waals surface area contributed by atoms with Crippen molar-refractivity contribution in [2.24, 2.45) is 0 Å². The second-order valence-electron chi connectivity index (χ2n) is 2.34. The largest absolute Gasteiger partial charge is 0.486 e. The van der Waals surface area contributed by atoms with Crippen LogP contribution in [0.3, 0.4) is 0 Å². The Hall–Kier alpha value is -0.980. The lowest BCUT2D eigenvalue weighted by molar-refractivity contribution is 0.197. The molecule has 1 aliphatic heterocycles. The molecule has 2 rings (SSSR count). The average molecular weight is 120 g/mol. The van der Waals surface area contributed by atoms with E-state index >= 15 is 0 Å². The van der Waals surface area contributed by atoms with Crippen LogP contribution < -0.4 is 0 Å². The third kappa shape index (κ3) is 0.611. The van der Waals surface area contributed by atoms with Crippen molar-refractivity contribution >= 4 is 0 Å². The highest BCUT2D eigenvalue weighted by atomic mass is 16.5. The van der Waals surface area contributed by atoms with Crippen molar-refractivity contribution in [3.8, 4) is 0 Å². The van der Waals surface area contributed by atoms with Gasteiger partial charge in [0.1, 0.15) is 11.9 Å². The number of hydrogen-bond donors (Lipinski definition) is 0. The van der Waals surface area contributed by atoms with Gasteiger partial charge in [-0.1, -0.05) is 12.2 Å². The first-order valence-corrected chi connectivity index (χ1v) is 3.13. The molecule has 0 bridgehead atoms. The van der Waals surface area contributed by atoms with Gasteiger partial charge in [-0.3, -0.25) is 0 Å². The summed E-state index contributed by atoms with van der Waals surface area (Å²) in [5.41, 5.74) is 1.24. The van der Waals surface area contributed by atoms with E-state index in [1.807, 2.05) is 19.1 Å². The third-order valence-corrected chi connectivity index (χ3v) is 1.54. The fourth-order valence-corrected chi connectivity index (χ4v) is 1.15. The van der Waals surface area contributed by atoms with Crippen molar-refractivity contribution in [1.29, 1.82) is 0 Å². The van der Waals surface area contributed by atoms with E-state index in [1.165, 1.54) is 5.57 Å². The van der Waals surface area contributed by atoms with E-state index in [1.54, 1.807) is 0 Å². The van der Waals surface area contributed by atoms with Crippen LogP contribution in [0.15, 0.2) is 35.6 Å². The molecule has 1 heterocycles. The van der Waals surface area contributed by atoms with Gasteiger partial charge < -0.3 is 4.74 Å². The molecular formula is C8H8O. The van der Waals surface area contributed by atoms with Gasteiger partial charge in [0.05, 0.1) is 0 Å². The lowest BCUT2D eigenvalue weighted by Crippen LogP contribution is -1.94. The molecular weight excluding hydrogens is 112 g/mol. The Kier molecular flexibility index (Phi) is 0.810. The third-order valence-electron chi connectivity index (χ3n) is 1.54. The Bertz CT molecular complexity index is 221. The number of ether oxygens (including phenoxy) is 1. The molecule has 1 atom stereocenters. The van der Waals surface area contributed by atoms with Crippen LogP contribution in [0.25, 0.3) is 0 Å². The second kappa shape index (κ2) is 1.50. The molecule has 0 fully saturated rings. The lowest BCUT2D eigenvalue weighted by atomic mass is 10.2. The average Bonchev–Trinajstić information content (AvgIpc) is 2.22. The predicted molar refractivity (Wildman–Crippen MR) is 35.9 cm³/mol. The van der Waals surface area contributed by atoms with Gasteiger partial charge in [-0.05, 0) is 19.1 Å². The summed E-state index contributed by atoms with van der Waals surface area (Å²) < 4.78 is 5.39. The van der Waals surface area contributed by atoms with Gasteiger partial charge >= 0.3 is 0 Å². The number of rotatable bonds is 0. The van der Waals surface area contributed by atoms with Crippen molar-refractivity contribution in [2.75, 3.05) is 0 Å². The van der Waals surface area contributed by atoms with Crippen molar-refractivity contribution in [2.45, 2.75) is 13.0 Å². The number of allylic oxidation sites excluding steroid dienone is 3. The minimum Gasteiger partial charge on any atom is -0.486 e. The molecule has 1 heteroatoms. The summed E-state index contributed by atoms with van der Waals surface area (Å²) in [6.07, 6.45) is 8.47. The number of hydrogen-bond acceptors (Lipinski definition) is 1. The van der Waals surface area contributed by atoms with E-state index in [9.17, 15) is 0 Å². The zero-order chi connectivity index (χ0) is 6.27. The van der Waals surface area contributed by atoms with Gasteiger partial charge in [0.15, 0.2) is 0 Å². The molecule has 0 aromatic heterocycles. The summed E-state index contributed by atoms with van der Waals surface area (Å²) in [5.74, 6) is 1.03. The minimum absolute atomic E-state index is 0.274. The Morgan fingerprint density at radius 1 is 1.56 bits per heavy atom. The normalized spacial score (nSPS) is 29.2. The topological polar surface area (TPSA) is 9.23 Å². The maximum Gasteiger partial charge on any atom is 0.127 e. The fraction of sp³-hybridized carbons (Fsp3) is 0.250. The van der Waals surface area contributed by atoms with Gasteiger partial charge in [-0.15, -0.1) is 0 Å². The van der Waals surface area contributed by atoms with Gasteiger partial charge in [-0.2, -0.15) is 0 Å². The highest BCUT2D eigenvalue weighted by Gasteiger charge is 2.17. The quantitative estimate of drug-likeness (QED) is 0.473. The van der Waals surface area contributed by atoms with Crippen LogP contribution in [0, 0.1) is 0 Å². The Labute approximate surface area is 54.3 Å². The zero-order valence-electron chi connectivity index (χ0n) is 5.29. The molecule has 0 saturated heterocycles. The highest BCUT2D eigenvalue weighted by molar-refractivity contribution is 5.48. The van der Waals surface area contributed by atoms with Crippen LogP contribution in [-0.2, 0) is 4.74 Å². The Morgan fingerprint density at radius 2 is 2.44 bits per heavy atom. The number of fused-ring (bicyclic) bond motifs is 1. The van der Waals surface area contributed by atoms with E-state index in [2.05, 4.69) is 12.2 Å². The summed E-state index contributed by atoms with van der Waals surface area (Å²) in [5, 5.41) is 0. The van der Waals surface area contributed by atoms with Gasteiger partial charge in [-0.25, -0.2) is 0 Å². The molecule has 0 N–H and O–H groups in total. The first-order chi connectivity index (χ1) is 4.36. The van der Waals surface area contributed by atoms with Crippen LogP contribution in [0.4, 0.5) is 0 Å². The monoisotopic (exact) mass is 120 g/mol. The first kappa shape index (κ1) is 4.86. The molecule has 0 radical (unpaired) electrons. The van der Waals surface area contributed by atoms with E-state index in [0.29, 0.717) is 0 Å². The molecule has 9 heavy (non-hydrogen) atoms. The van der Waals surface area contributed by atoms with Gasteiger partial charge in [0.2, 0.25) is 0 Å². The van der Waals surface area contributed by atoms with Crippen molar-refractivity contribution in [3.63, 3.8) is 0 Å². The highest BCUT2D eigenvalue weighted by Crippen LogP contribution is 2.27. The summed E-state index contributed by atoms with van der Waals surface area (Å²) in [6, 6.07) is 0. The molecule has 0 saturated carbocycles. The van der Waals surface area contributed by atoms with Crippen LogP contribution >= 0.6 is 0 Å². The summed E-state index contributed by atoms with van der Waals surface area (Å²) in [6.45, 7) is 2.04. The maximum atomic E-state index is 5.39. The minimum atomic E-state index is 0.274. The molecule has 1 aliphatic carbocycles. The second-order valence-corrected chi connectivity index (χ2v) is 2.34. The summed E-state index contributed by atoms with van der Waals surface area (Å²) in [7, 11) is 0. The zero-order valence-corrected chi connectivity index (χ0v) is 5.29. The SMILES string of the molecule is CC1C=C2C=CC=C2O1. The molecule has 1 nitrogen and oxygen atoms in total. The van der Waals surface area contributed by atoms with Crippen molar-refractivity contribution < 1.29 is 4.74 Å². The summed E-state index contributed by atoms with van der Waals surface area (Å²) in [4.78, 5) is 0. The van der Waals surface area contributed by atoms with Crippen LogP contribution in [0.5, 0.6) is 0 Å². The summed E-state index contributed by atoms with van der Waals surface area (Å²) >= 11 is 0. The molecule has 0 aromatic carbocycles. The van der Waals surface area contributed by atoms with E-state index in [4.69, 9.17) is 4.74 Å². The van der Waals surface area contributed by atoms with E-state index < -0.39 is 0 Å². The van der Waals surface area contributed by atoms with Gasteiger partial charge in [0, 0.05) is 5.57 Å². The molecule has 1 unspecified atom stereocenters. The van der Waals surface area contributed by atoms with Crippen molar-refractivity contribution in [3.05, 3.63) is 35.6 Å². The van der Waals surface area contributed by atoms with Crippen molar-refractivity contribution in [1.82, 2.24) is 0 Å². The predicted octanol–water partition coefficient (Wildman–Crippen LogP) is 1.79. The molecule has 0 aromatic rings. The van der Waals surface area contributed by atoms with Gasteiger partial charge in [0.25, 0.3) is 0 Å².